The number of nitrogens with one attached hydrogen (secondary N) is 2. The molecule has 1 saturated heterocycles. The molecule has 1 amide bonds. The molecule has 1 fully saturated rings. The third kappa shape index (κ3) is 9.67. The van der Waals surface area contributed by atoms with Crippen LogP contribution in [0.5, 0.6) is 0 Å². The van der Waals surface area contributed by atoms with Gasteiger partial charge in [0.25, 0.3) is 0 Å². The molecular formula is C37H40N6O6S2. The third-order valence-corrected chi connectivity index (χ3v) is 11.2. The zero-order valence-corrected chi connectivity index (χ0v) is 29.9. The Morgan fingerprint density at radius 2 is 1.61 bits per heavy atom. The number of carbonyl (C=O) groups is 1. The van der Waals surface area contributed by atoms with Crippen molar-refractivity contribution >= 4 is 27.7 Å². The van der Waals surface area contributed by atoms with Crippen LogP contribution in [0.2, 0.25) is 0 Å². The molecule has 1 aliphatic rings. The number of nitrogens with zero attached hydrogens (tertiary/aromatic N) is 4. The van der Waals surface area contributed by atoms with Crippen molar-refractivity contribution in [3.05, 3.63) is 137 Å². The number of hydrogen-bond acceptors (Lipinski definition) is 10. The maximum absolute atomic E-state index is 13.5. The van der Waals surface area contributed by atoms with Crippen LogP contribution in [0.4, 0.5) is 0 Å². The standard InChI is InChI=1S/C37H40N6O6S2/c1-25-8-18-32(19-9-25)51(46,47)40-33(20-26-6-4-3-5-7-26)35(45)38-22-27-10-16-30(17-11-27)36-48-31(24-50-37-39-41-42-43(37)2)21-34(49-36)29-14-12-28(23-44)13-15-29/h3-19,31,33-34,36,40,44H,20-24H2,1-2H3,(H,38,45). The average molecular weight is 729 g/mol. The Labute approximate surface area is 301 Å². The van der Waals surface area contributed by atoms with Gasteiger partial charge in [-0.05, 0) is 58.2 Å². The maximum atomic E-state index is 13.5. The van der Waals surface area contributed by atoms with E-state index < -0.39 is 28.3 Å². The summed E-state index contributed by atoms with van der Waals surface area (Å²) in [5.41, 5.74) is 5.20. The first-order valence-electron chi connectivity index (χ1n) is 16.5. The van der Waals surface area contributed by atoms with Crippen LogP contribution in [0.3, 0.4) is 0 Å². The van der Waals surface area contributed by atoms with Gasteiger partial charge in [0.2, 0.25) is 21.1 Å². The van der Waals surface area contributed by atoms with Crippen molar-refractivity contribution in [2.24, 2.45) is 7.05 Å². The minimum Gasteiger partial charge on any atom is -0.392 e. The summed E-state index contributed by atoms with van der Waals surface area (Å²) >= 11 is 1.51. The van der Waals surface area contributed by atoms with E-state index in [2.05, 4.69) is 25.6 Å². The van der Waals surface area contributed by atoms with Crippen LogP contribution in [0.25, 0.3) is 0 Å². The Kier molecular flexibility index (Phi) is 11.9. The van der Waals surface area contributed by atoms with Crippen LogP contribution in [-0.4, -0.2) is 57.5 Å². The summed E-state index contributed by atoms with van der Waals surface area (Å²) in [7, 11) is -2.17. The smallest absolute Gasteiger partial charge is 0.241 e. The Hall–Kier alpha value is -4.44. The van der Waals surface area contributed by atoms with Crippen molar-refractivity contribution in [1.82, 2.24) is 30.2 Å². The number of rotatable bonds is 14. The molecule has 51 heavy (non-hydrogen) atoms. The lowest BCUT2D eigenvalue weighted by molar-refractivity contribution is -0.245. The van der Waals surface area contributed by atoms with Crippen LogP contribution >= 0.6 is 11.8 Å². The highest BCUT2D eigenvalue weighted by atomic mass is 32.2. The molecule has 2 heterocycles. The number of aromatic nitrogens is 4. The molecular weight excluding hydrogens is 689 g/mol. The SMILES string of the molecule is Cc1ccc(S(=O)(=O)NC(Cc2ccccc2)C(=O)NCc2ccc(C3OC(CSc4nnnn4C)CC(c4ccc(CO)cc4)O3)cc2)cc1. The van der Waals surface area contributed by atoms with E-state index in [4.69, 9.17) is 9.47 Å². The molecule has 5 aromatic rings. The summed E-state index contributed by atoms with van der Waals surface area (Å²) in [6.45, 7) is 2.03. The van der Waals surface area contributed by atoms with Crippen LogP contribution in [0.1, 0.15) is 52.2 Å². The zero-order chi connectivity index (χ0) is 35.8. The van der Waals surface area contributed by atoms with Gasteiger partial charge in [-0.2, -0.15) is 4.72 Å². The normalized spacial score (nSPS) is 18.3. The zero-order valence-electron chi connectivity index (χ0n) is 28.3. The van der Waals surface area contributed by atoms with E-state index in [0.29, 0.717) is 17.3 Å². The first-order valence-corrected chi connectivity index (χ1v) is 19.0. The van der Waals surface area contributed by atoms with Crippen molar-refractivity contribution in [2.45, 2.75) is 67.5 Å². The van der Waals surface area contributed by atoms with Crippen molar-refractivity contribution in [1.29, 1.82) is 0 Å². The van der Waals surface area contributed by atoms with Gasteiger partial charge in [0.05, 0.1) is 23.7 Å². The van der Waals surface area contributed by atoms with Gasteiger partial charge in [0, 0.05) is 31.3 Å². The molecule has 12 nitrogen and oxygen atoms in total. The predicted molar refractivity (Wildman–Crippen MR) is 192 cm³/mol. The van der Waals surface area contributed by atoms with Gasteiger partial charge in [0.15, 0.2) is 6.29 Å². The summed E-state index contributed by atoms with van der Waals surface area (Å²) in [5.74, 6) is 0.174. The van der Waals surface area contributed by atoms with Crippen LogP contribution in [0.15, 0.2) is 113 Å². The molecule has 0 radical (unpaired) electrons. The highest BCUT2D eigenvalue weighted by Gasteiger charge is 2.33. The van der Waals surface area contributed by atoms with E-state index in [1.54, 1.807) is 23.9 Å². The first kappa shape index (κ1) is 36.4. The second-order valence-corrected chi connectivity index (χ2v) is 15.1. The molecule has 14 heteroatoms. The molecule has 0 bridgehead atoms. The molecule has 0 spiro atoms. The molecule has 0 saturated carbocycles. The summed E-state index contributed by atoms with van der Waals surface area (Å²) in [6, 6.07) is 30.1. The fraction of sp³-hybridized carbons (Fsp3) is 0.297. The van der Waals surface area contributed by atoms with Crippen LogP contribution < -0.4 is 10.0 Å². The summed E-state index contributed by atoms with van der Waals surface area (Å²) in [5, 5.41) is 24.8. The number of amides is 1. The highest BCUT2D eigenvalue weighted by molar-refractivity contribution is 7.99. The topological polar surface area (TPSA) is 158 Å². The number of tetrazole rings is 1. The Morgan fingerprint density at radius 1 is 0.922 bits per heavy atom. The largest absolute Gasteiger partial charge is 0.392 e. The Balaban J connectivity index is 1.13. The van der Waals surface area contributed by atoms with E-state index >= 15 is 0 Å². The second kappa shape index (κ2) is 16.7. The molecule has 4 atom stereocenters. The van der Waals surface area contributed by atoms with E-state index in [0.717, 1.165) is 33.4 Å². The maximum Gasteiger partial charge on any atom is 0.241 e. The van der Waals surface area contributed by atoms with E-state index in [-0.39, 0.29) is 36.7 Å². The van der Waals surface area contributed by atoms with Crippen molar-refractivity contribution in [3.63, 3.8) is 0 Å². The van der Waals surface area contributed by atoms with E-state index in [9.17, 15) is 18.3 Å². The van der Waals surface area contributed by atoms with E-state index in [1.807, 2.05) is 85.8 Å². The number of ether oxygens (including phenoxy) is 2. The molecule has 1 aliphatic heterocycles. The minimum absolute atomic E-state index is 0.0356. The average Bonchev–Trinajstić information content (AvgIpc) is 3.57. The summed E-state index contributed by atoms with van der Waals surface area (Å²) < 4.78 is 43.6. The number of aliphatic hydroxyl groups is 1. The lowest BCUT2D eigenvalue weighted by Gasteiger charge is -2.36. The minimum atomic E-state index is -3.96. The molecule has 6 rings (SSSR count). The van der Waals surface area contributed by atoms with Gasteiger partial charge in [0.1, 0.15) is 6.04 Å². The molecule has 4 unspecified atom stereocenters. The number of sulfonamides is 1. The van der Waals surface area contributed by atoms with Gasteiger partial charge in [-0.15, -0.1) is 5.10 Å². The summed E-state index contributed by atoms with van der Waals surface area (Å²) in [4.78, 5) is 13.6. The fourth-order valence-corrected chi connectivity index (χ4v) is 7.71. The number of aryl methyl sites for hydroxylation is 2. The number of aliphatic hydroxyl groups excluding tert-OH is 1. The van der Waals surface area contributed by atoms with E-state index in [1.165, 1.54) is 23.9 Å². The van der Waals surface area contributed by atoms with Crippen molar-refractivity contribution < 1.29 is 27.8 Å². The van der Waals surface area contributed by atoms with Gasteiger partial charge in [-0.3, -0.25) is 4.79 Å². The van der Waals surface area contributed by atoms with Crippen LogP contribution in [0, 0.1) is 6.92 Å². The van der Waals surface area contributed by atoms with Gasteiger partial charge >= 0.3 is 0 Å². The molecule has 0 aliphatic carbocycles. The van der Waals surface area contributed by atoms with Crippen molar-refractivity contribution in [3.8, 4) is 0 Å². The lowest BCUT2D eigenvalue weighted by Crippen LogP contribution is -2.47. The number of benzene rings is 4. The Bertz CT molecular complexity index is 1990. The molecule has 4 aromatic carbocycles. The monoisotopic (exact) mass is 728 g/mol. The van der Waals surface area contributed by atoms with Gasteiger partial charge in [-0.1, -0.05) is 108 Å². The predicted octanol–water partition coefficient (Wildman–Crippen LogP) is 4.55. The number of carbonyl (C=O) groups excluding carboxylic acids is 1. The lowest BCUT2D eigenvalue weighted by atomic mass is 10.0. The molecule has 3 N–H and O–H groups in total. The molecule has 266 valence electrons. The van der Waals surface area contributed by atoms with Crippen LogP contribution in [-0.2, 0) is 50.9 Å². The van der Waals surface area contributed by atoms with Crippen molar-refractivity contribution in [2.75, 3.05) is 5.75 Å². The number of hydrogen-bond donors (Lipinski definition) is 3. The fourth-order valence-electron chi connectivity index (χ4n) is 5.65. The first-order chi connectivity index (χ1) is 24.7. The number of thioether (sulfide) groups is 1. The third-order valence-electron chi connectivity index (χ3n) is 8.54. The highest BCUT2D eigenvalue weighted by Crippen LogP contribution is 2.39. The second-order valence-electron chi connectivity index (χ2n) is 12.4. The molecule has 1 aromatic heterocycles. The summed E-state index contributed by atoms with van der Waals surface area (Å²) in [6.07, 6.45) is -0.265. The van der Waals surface area contributed by atoms with Gasteiger partial charge < -0.3 is 19.9 Å². The quantitative estimate of drug-likeness (QED) is 0.139. The van der Waals surface area contributed by atoms with Gasteiger partial charge in [-0.25, -0.2) is 13.1 Å². The Morgan fingerprint density at radius 3 is 2.27 bits per heavy atom.